The van der Waals surface area contributed by atoms with E-state index in [1.807, 2.05) is 28.1 Å². The molecule has 0 aliphatic rings. The van der Waals surface area contributed by atoms with Gasteiger partial charge in [0.2, 0.25) is 0 Å². The van der Waals surface area contributed by atoms with Crippen LogP contribution in [-0.2, 0) is 4.57 Å². The number of hydrogen-bond donors (Lipinski definition) is 0. The first-order valence-electron chi connectivity index (χ1n) is 13.9. The lowest BCUT2D eigenvalue weighted by Gasteiger charge is -2.39. The average molecular weight is 471 g/mol. The molecule has 0 aromatic carbocycles. The van der Waals surface area contributed by atoms with Crippen LogP contribution in [0, 0.1) is 0 Å². The van der Waals surface area contributed by atoms with Crippen LogP contribution >= 0.6 is 8.03 Å². The number of hydrogen-bond acceptors (Lipinski definition) is 2. The minimum Gasteiger partial charge on any atom is -0.590 e. The second-order valence-electron chi connectivity index (χ2n) is 10.7. The van der Waals surface area contributed by atoms with Crippen LogP contribution in [0.2, 0.25) is 0 Å². The Kier molecular flexibility index (Phi) is 20.0. The zero-order valence-corrected chi connectivity index (χ0v) is 23.4. The highest BCUT2D eigenvalue weighted by atomic mass is 31.1. The molecule has 0 rings (SSSR count). The number of rotatable bonds is 23. The molecule has 32 heavy (non-hydrogen) atoms. The summed E-state index contributed by atoms with van der Waals surface area (Å²) in [6.45, 7) is 4.22. The third kappa shape index (κ3) is 14.8. The third-order valence-corrected chi connectivity index (χ3v) is 9.07. The van der Waals surface area contributed by atoms with Crippen molar-refractivity contribution >= 4 is 8.03 Å². The first kappa shape index (κ1) is 31.8. The molecule has 0 saturated heterocycles. The van der Waals surface area contributed by atoms with Crippen LogP contribution in [-0.4, -0.2) is 30.9 Å². The van der Waals surface area contributed by atoms with Gasteiger partial charge in [-0.25, -0.2) is 0 Å². The normalized spacial score (nSPS) is 14.8. The summed E-state index contributed by atoms with van der Waals surface area (Å²) >= 11 is 0. The summed E-state index contributed by atoms with van der Waals surface area (Å²) in [5.74, 6) is 0. The smallest absolute Gasteiger partial charge is 0.376 e. The monoisotopic (exact) mass is 470 g/mol. The molecular formula is C28H57NO2P+. The summed E-state index contributed by atoms with van der Waals surface area (Å²) in [4.78, 5) is 12.0. The lowest BCUT2D eigenvalue weighted by atomic mass is 10.0. The maximum absolute atomic E-state index is 12.0. The van der Waals surface area contributed by atoms with E-state index >= 15 is 0 Å². The van der Waals surface area contributed by atoms with E-state index in [-0.39, 0.29) is 0 Å². The fraction of sp³-hybridized carbons (Fsp3) is 0.929. The Morgan fingerprint density at radius 1 is 0.656 bits per heavy atom. The van der Waals surface area contributed by atoms with Crippen LogP contribution in [0.25, 0.3) is 0 Å². The van der Waals surface area contributed by atoms with Gasteiger partial charge < -0.3 is 4.89 Å². The summed E-state index contributed by atoms with van der Waals surface area (Å²) in [5.41, 5.74) is 0. The van der Waals surface area contributed by atoms with E-state index in [9.17, 15) is 9.46 Å². The topological polar surface area (TPSA) is 40.1 Å². The molecule has 0 bridgehead atoms. The summed E-state index contributed by atoms with van der Waals surface area (Å²) in [6, 6.07) is 0. The molecule has 0 saturated carbocycles. The van der Waals surface area contributed by atoms with Crippen LogP contribution in [0.4, 0.5) is 0 Å². The quantitative estimate of drug-likeness (QED) is 0.0647. The fourth-order valence-electron chi connectivity index (χ4n) is 4.88. The second kappa shape index (κ2) is 20.2. The molecule has 2 atom stereocenters. The van der Waals surface area contributed by atoms with Crippen LogP contribution < -0.4 is 4.89 Å². The van der Waals surface area contributed by atoms with E-state index < -0.39 is 13.3 Å². The van der Waals surface area contributed by atoms with Crippen LogP contribution in [0.3, 0.4) is 0 Å². The van der Waals surface area contributed by atoms with Crippen molar-refractivity contribution < 1.29 is 13.9 Å². The van der Waals surface area contributed by atoms with Gasteiger partial charge in [0.1, 0.15) is 0 Å². The molecule has 0 fully saturated rings. The highest BCUT2D eigenvalue weighted by Gasteiger charge is 2.52. The van der Waals surface area contributed by atoms with Gasteiger partial charge in [0.05, 0.1) is 21.1 Å². The standard InChI is InChI=1S/C28H57NO2P/c1-6-8-9-10-11-12-13-14-15-16-17-18-19-20-21-22-23-24-25-26-27-28(7-2,32(30)31)29(3,4)5/h8-9H,6-7,10-27H2,1-5H3/q+1/b9-8-. The van der Waals surface area contributed by atoms with Crippen LogP contribution in [0.15, 0.2) is 12.2 Å². The summed E-state index contributed by atoms with van der Waals surface area (Å²) in [7, 11) is 3.64. The summed E-state index contributed by atoms with van der Waals surface area (Å²) < 4.78 is 12.5. The number of allylic oxidation sites excluding steroid dienone is 2. The Balaban J connectivity index is 3.46. The van der Waals surface area contributed by atoms with E-state index in [0.29, 0.717) is 10.9 Å². The Morgan fingerprint density at radius 3 is 1.34 bits per heavy atom. The Hall–Kier alpha value is -0.240. The van der Waals surface area contributed by atoms with Crippen molar-refractivity contribution in [2.24, 2.45) is 0 Å². The Labute approximate surface area is 202 Å². The summed E-state index contributed by atoms with van der Waals surface area (Å²) in [5, 5.41) is -0.596. The predicted molar refractivity (Wildman–Crippen MR) is 141 cm³/mol. The van der Waals surface area contributed by atoms with Crippen molar-refractivity contribution in [1.82, 2.24) is 0 Å². The molecule has 0 aliphatic carbocycles. The SMILES string of the molecule is CC/C=C\CCCCCCCCCCCCCCCCCCC(CC)([P+](=O)[O-])[N+](C)(C)C. The van der Waals surface area contributed by atoms with Gasteiger partial charge in [-0.1, -0.05) is 120 Å². The highest BCUT2D eigenvalue weighted by Crippen LogP contribution is 2.44. The minimum absolute atomic E-state index is 0.513. The zero-order valence-electron chi connectivity index (χ0n) is 22.5. The Morgan fingerprint density at radius 2 is 1.03 bits per heavy atom. The van der Waals surface area contributed by atoms with E-state index in [1.165, 1.54) is 109 Å². The van der Waals surface area contributed by atoms with Gasteiger partial charge in [0.25, 0.3) is 5.28 Å². The molecule has 0 spiro atoms. The maximum atomic E-state index is 12.0. The predicted octanol–water partition coefficient (Wildman–Crippen LogP) is 8.89. The lowest BCUT2D eigenvalue weighted by molar-refractivity contribution is -0.910. The molecule has 0 aromatic rings. The molecule has 4 heteroatoms. The Bertz CT molecular complexity index is 473. The summed E-state index contributed by atoms with van der Waals surface area (Å²) in [6.07, 6.45) is 30.1. The molecular weight excluding hydrogens is 413 g/mol. The van der Waals surface area contributed by atoms with E-state index in [1.54, 1.807) is 0 Å². The molecule has 3 nitrogen and oxygen atoms in total. The number of nitrogens with zero attached hydrogens (tertiary/aromatic N) is 1. The van der Waals surface area contributed by atoms with E-state index in [2.05, 4.69) is 19.1 Å². The van der Waals surface area contributed by atoms with Crippen molar-refractivity contribution in [3.63, 3.8) is 0 Å². The fourth-order valence-corrected chi connectivity index (χ4v) is 5.97. The molecule has 0 aliphatic heterocycles. The molecule has 0 amide bonds. The largest absolute Gasteiger partial charge is 0.590 e. The number of unbranched alkanes of at least 4 members (excludes halogenated alkanes) is 16. The average Bonchev–Trinajstić information content (AvgIpc) is 2.74. The van der Waals surface area contributed by atoms with E-state index in [4.69, 9.17) is 0 Å². The van der Waals surface area contributed by atoms with Gasteiger partial charge >= 0.3 is 8.03 Å². The second-order valence-corrected chi connectivity index (χ2v) is 12.0. The molecule has 0 N–H and O–H groups in total. The van der Waals surface area contributed by atoms with Crippen molar-refractivity contribution in [2.45, 2.75) is 148 Å². The molecule has 0 radical (unpaired) electrons. The molecule has 2 unspecified atom stereocenters. The van der Waals surface area contributed by atoms with Gasteiger partial charge in [-0.2, -0.15) is 0 Å². The minimum atomic E-state index is -2.41. The first-order valence-corrected chi connectivity index (χ1v) is 15.1. The maximum Gasteiger partial charge on any atom is 0.376 e. The first-order chi connectivity index (χ1) is 15.3. The van der Waals surface area contributed by atoms with Crippen molar-refractivity contribution in [1.29, 1.82) is 0 Å². The third-order valence-electron chi connectivity index (χ3n) is 7.26. The van der Waals surface area contributed by atoms with Crippen molar-refractivity contribution in [3.05, 3.63) is 12.2 Å². The zero-order chi connectivity index (χ0) is 24.1. The lowest BCUT2D eigenvalue weighted by Crippen LogP contribution is -2.55. The van der Waals surface area contributed by atoms with Crippen molar-refractivity contribution in [2.75, 3.05) is 21.1 Å². The van der Waals surface area contributed by atoms with Crippen molar-refractivity contribution in [3.8, 4) is 0 Å². The van der Waals surface area contributed by atoms with Gasteiger partial charge in [0, 0.05) is 12.8 Å². The van der Waals surface area contributed by atoms with Gasteiger partial charge in [0.15, 0.2) is 0 Å². The van der Waals surface area contributed by atoms with Crippen LogP contribution in [0.1, 0.15) is 142 Å². The number of quaternary nitrogens is 1. The van der Waals surface area contributed by atoms with Gasteiger partial charge in [-0.15, -0.1) is 0 Å². The van der Waals surface area contributed by atoms with Gasteiger partial charge in [-0.05, 0) is 25.7 Å². The molecule has 0 heterocycles. The van der Waals surface area contributed by atoms with E-state index in [0.717, 1.165) is 12.8 Å². The van der Waals surface area contributed by atoms with Crippen LogP contribution in [0.5, 0.6) is 0 Å². The molecule has 190 valence electrons. The highest BCUT2D eigenvalue weighted by molar-refractivity contribution is 7.38. The van der Waals surface area contributed by atoms with Gasteiger partial charge in [-0.3, -0.25) is 4.48 Å². The molecule has 0 aromatic heterocycles.